The normalized spacial score (nSPS) is 18.3. The number of aryl methyl sites for hydroxylation is 1. The summed E-state index contributed by atoms with van der Waals surface area (Å²) in [7, 11) is 2.44. The van der Waals surface area contributed by atoms with Crippen LogP contribution in [0.1, 0.15) is 29.8 Å². The van der Waals surface area contributed by atoms with Crippen molar-refractivity contribution in [3.05, 3.63) is 60.6 Å². The van der Waals surface area contributed by atoms with Gasteiger partial charge in [0.25, 0.3) is 0 Å². The van der Waals surface area contributed by atoms with Crippen LogP contribution in [0.3, 0.4) is 0 Å². The van der Waals surface area contributed by atoms with Crippen LogP contribution in [-0.2, 0) is 19.1 Å². The highest BCUT2D eigenvalue weighted by atomic mass is 79.9. The number of nitrogens with zero attached hydrogens (tertiary/aromatic N) is 1. The van der Waals surface area contributed by atoms with Crippen molar-refractivity contribution >= 4 is 45.4 Å². The average molecular weight is 494 g/mol. The average Bonchev–Trinajstić information content (AvgIpc) is 3.03. The van der Waals surface area contributed by atoms with Gasteiger partial charge in [0.15, 0.2) is 11.8 Å². The molecule has 0 aromatic heterocycles. The lowest BCUT2D eigenvalue weighted by Gasteiger charge is -2.34. The van der Waals surface area contributed by atoms with Gasteiger partial charge in [0.1, 0.15) is 5.75 Å². The smallest absolute Gasteiger partial charge is 0.336 e. The predicted molar refractivity (Wildman–Crippen MR) is 116 cm³/mol. The van der Waals surface area contributed by atoms with Crippen molar-refractivity contribution in [3.8, 4) is 5.75 Å². The zero-order valence-electron chi connectivity index (χ0n) is 17.0. The molecular weight excluding hydrogens is 474 g/mol. The number of hydrogen-bond donors (Lipinski definition) is 1. The first-order chi connectivity index (χ1) is 14.1. The van der Waals surface area contributed by atoms with Crippen LogP contribution in [0, 0.1) is 6.92 Å². The molecule has 2 aliphatic rings. The van der Waals surface area contributed by atoms with Crippen molar-refractivity contribution in [2.45, 2.75) is 26.8 Å². The molecule has 0 fully saturated rings. The third-order valence-corrected chi connectivity index (χ3v) is 7.28. The van der Waals surface area contributed by atoms with Crippen molar-refractivity contribution in [1.82, 2.24) is 4.90 Å². The number of carbonyl (C=O) groups is 3. The number of esters is 2. The fourth-order valence-electron chi connectivity index (χ4n) is 3.31. The predicted octanol–water partition coefficient (Wildman–Crippen LogP) is 3.81. The first-order valence-electron chi connectivity index (χ1n) is 8.93. The number of Topliss-reactive ketones (excluding diaryl/α,β-unsaturated/α-hetero) is 1. The molecule has 0 spiro atoms. The van der Waals surface area contributed by atoms with E-state index in [1.54, 1.807) is 24.8 Å². The Labute approximate surface area is 186 Å². The largest absolute Gasteiger partial charge is 0.506 e. The number of allylic oxidation sites excluding steroid dienone is 4. The summed E-state index contributed by atoms with van der Waals surface area (Å²) >= 11 is 4.61. The molecule has 0 amide bonds. The maximum Gasteiger partial charge on any atom is 0.336 e. The molecule has 7 nitrogen and oxygen atoms in total. The molecule has 1 N–H and O–H groups in total. The molecule has 1 unspecified atom stereocenters. The SMILES string of the molecule is COC(=O)C1=CC(C(=O)c2ccc(C)c(Br)c2O)=C2SC(C)=C(C)N2C1C(=O)OC. The van der Waals surface area contributed by atoms with Crippen LogP contribution < -0.4 is 0 Å². The lowest BCUT2D eigenvalue weighted by atomic mass is 9.93. The number of rotatable bonds is 4. The van der Waals surface area contributed by atoms with Crippen LogP contribution in [0.4, 0.5) is 0 Å². The second-order valence-corrected chi connectivity index (χ2v) is 8.77. The van der Waals surface area contributed by atoms with Gasteiger partial charge in [-0.2, -0.15) is 0 Å². The summed E-state index contributed by atoms with van der Waals surface area (Å²) in [6.07, 6.45) is 1.35. The second-order valence-electron chi connectivity index (χ2n) is 6.77. The first-order valence-corrected chi connectivity index (χ1v) is 10.5. The van der Waals surface area contributed by atoms with Gasteiger partial charge < -0.3 is 19.5 Å². The van der Waals surface area contributed by atoms with Crippen LogP contribution in [0.25, 0.3) is 0 Å². The Balaban J connectivity index is 2.24. The van der Waals surface area contributed by atoms with E-state index in [9.17, 15) is 19.5 Å². The van der Waals surface area contributed by atoms with Crippen LogP contribution in [0.15, 0.2) is 49.5 Å². The summed E-state index contributed by atoms with van der Waals surface area (Å²) in [5.41, 5.74) is 1.74. The number of ketones is 1. The number of hydrogen-bond acceptors (Lipinski definition) is 8. The molecule has 1 atom stereocenters. The number of methoxy groups -OCH3 is 2. The fraction of sp³-hybridized carbons (Fsp3) is 0.286. The Morgan fingerprint density at radius 2 is 1.80 bits per heavy atom. The number of carbonyl (C=O) groups excluding carboxylic acids is 3. The van der Waals surface area contributed by atoms with E-state index in [0.29, 0.717) is 9.50 Å². The minimum Gasteiger partial charge on any atom is -0.506 e. The van der Waals surface area contributed by atoms with Crippen molar-refractivity contribution in [2.75, 3.05) is 14.2 Å². The van der Waals surface area contributed by atoms with Crippen molar-refractivity contribution < 1.29 is 29.0 Å². The van der Waals surface area contributed by atoms with Gasteiger partial charge in [-0.25, -0.2) is 9.59 Å². The summed E-state index contributed by atoms with van der Waals surface area (Å²) < 4.78 is 10.2. The fourth-order valence-corrected chi connectivity index (χ4v) is 4.79. The van der Waals surface area contributed by atoms with Gasteiger partial charge >= 0.3 is 11.9 Å². The Morgan fingerprint density at radius 3 is 2.40 bits per heavy atom. The van der Waals surface area contributed by atoms with E-state index in [0.717, 1.165) is 16.2 Å². The van der Waals surface area contributed by atoms with Gasteiger partial charge in [-0.15, -0.1) is 0 Å². The summed E-state index contributed by atoms with van der Waals surface area (Å²) in [4.78, 5) is 41.0. The number of aromatic hydroxyl groups is 1. The highest BCUT2D eigenvalue weighted by Gasteiger charge is 2.45. The lowest BCUT2D eigenvalue weighted by molar-refractivity contribution is -0.147. The van der Waals surface area contributed by atoms with Crippen LogP contribution in [0.5, 0.6) is 5.75 Å². The molecule has 3 rings (SSSR count). The number of fused-ring (bicyclic) bond motifs is 1. The topological polar surface area (TPSA) is 93.1 Å². The van der Waals surface area contributed by atoms with Crippen LogP contribution in [0.2, 0.25) is 0 Å². The third-order valence-electron chi connectivity index (χ3n) is 5.07. The van der Waals surface area contributed by atoms with E-state index in [1.807, 2.05) is 6.92 Å². The molecule has 0 bridgehead atoms. The van der Waals surface area contributed by atoms with E-state index in [4.69, 9.17) is 9.47 Å². The molecule has 0 saturated heterocycles. The van der Waals surface area contributed by atoms with Gasteiger partial charge in [-0.05, 0) is 54.4 Å². The lowest BCUT2D eigenvalue weighted by Crippen LogP contribution is -2.44. The highest BCUT2D eigenvalue weighted by molar-refractivity contribution is 9.10. The quantitative estimate of drug-likeness (QED) is 0.499. The van der Waals surface area contributed by atoms with Crippen molar-refractivity contribution in [1.29, 1.82) is 0 Å². The zero-order chi connectivity index (χ0) is 22.3. The third kappa shape index (κ3) is 3.45. The van der Waals surface area contributed by atoms with Gasteiger partial charge in [-0.3, -0.25) is 4.79 Å². The molecule has 0 aliphatic carbocycles. The molecule has 158 valence electrons. The Kier molecular flexibility index (Phi) is 6.14. The molecule has 1 aromatic carbocycles. The van der Waals surface area contributed by atoms with Gasteiger partial charge in [-0.1, -0.05) is 17.8 Å². The minimum absolute atomic E-state index is 0.0169. The van der Waals surface area contributed by atoms with Crippen LogP contribution >= 0.6 is 27.7 Å². The summed E-state index contributed by atoms with van der Waals surface area (Å²) in [5.74, 6) is -2.06. The van der Waals surface area contributed by atoms with Gasteiger partial charge in [0.2, 0.25) is 0 Å². The van der Waals surface area contributed by atoms with Crippen molar-refractivity contribution in [2.24, 2.45) is 0 Å². The summed E-state index contributed by atoms with van der Waals surface area (Å²) in [5, 5.41) is 11.0. The number of phenols is 1. The van der Waals surface area contributed by atoms with Crippen molar-refractivity contribution in [3.63, 3.8) is 0 Å². The maximum atomic E-state index is 13.4. The van der Waals surface area contributed by atoms with E-state index in [-0.39, 0.29) is 22.5 Å². The summed E-state index contributed by atoms with van der Waals surface area (Å²) in [6, 6.07) is 2.17. The summed E-state index contributed by atoms with van der Waals surface area (Å²) in [6.45, 7) is 5.45. The first kappa shape index (κ1) is 22.2. The van der Waals surface area contributed by atoms with Gasteiger partial charge in [0, 0.05) is 10.6 Å². The second kappa shape index (κ2) is 8.31. The van der Waals surface area contributed by atoms with E-state index in [2.05, 4.69) is 15.9 Å². The standard InChI is InChI=1S/C21H20BrNO6S/c1-9-6-7-12(18(25)15(9)22)17(24)14-8-13(20(26)28-4)16(21(27)29-5)23-10(2)11(3)30-19(14)23/h6-8,16,25H,1-5H3. The van der Waals surface area contributed by atoms with Crippen LogP contribution in [-0.4, -0.2) is 48.0 Å². The van der Waals surface area contributed by atoms with Gasteiger partial charge in [0.05, 0.1) is 40.4 Å². The Morgan fingerprint density at radius 1 is 1.13 bits per heavy atom. The zero-order valence-corrected chi connectivity index (χ0v) is 19.4. The van der Waals surface area contributed by atoms with E-state index in [1.165, 1.54) is 38.1 Å². The Bertz CT molecular complexity index is 1070. The highest BCUT2D eigenvalue weighted by Crippen LogP contribution is 2.48. The maximum absolute atomic E-state index is 13.4. The molecule has 30 heavy (non-hydrogen) atoms. The minimum atomic E-state index is -1.07. The molecule has 2 heterocycles. The number of ether oxygens (including phenoxy) is 2. The monoisotopic (exact) mass is 493 g/mol. The molecule has 1 aromatic rings. The molecule has 0 radical (unpaired) electrons. The molecule has 2 aliphatic heterocycles. The number of halogens is 1. The van der Waals surface area contributed by atoms with E-state index < -0.39 is 23.8 Å². The molecule has 0 saturated carbocycles. The number of thioether (sulfide) groups is 1. The molecular formula is C21H20BrNO6S. The van der Waals surface area contributed by atoms with E-state index >= 15 is 0 Å². The Hall–Kier alpha value is -2.52. The number of benzene rings is 1. The molecule has 9 heteroatoms. The number of phenolic OH excluding ortho intramolecular Hbond substituents is 1.